The molecule has 0 saturated carbocycles. The Morgan fingerprint density at radius 1 is 1.15 bits per heavy atom. The molecule has 1 unspecified atom stereocenters. The van der Waals surface area contributed by atoms with Gasteiger partial charge in [-0.1, -0.05) is 0 Å². The topological polar surface area (TPSA) is 124 Å². The van der Waals surface area contributed by atoms with Crippen molar-refractivity contribution in [2.45, 2.75) is 108 Å². The van der Waals surface area contributed by atoms with Gasteiger partial charge in [0.25, 0.3) is 0 Å². The van der Waals surface area contributed by atoms with Gasteiger partial charge in [-0.2, -0.15) is 0 Å². The fourth-order valence-electron chi connectivity index (χ4n) is 6.94. The second-order valence-electron chi connectivity index (χ2n) is 12.7. The third-order valence-corrected chi connectivity index (χ3v) is 8.76. The fraction of sp³-hybridized carbons (Fsp3) is 0.677. The minimum atomic E-state index is -2.14. The number of benzene rings is 1. The Hall–Kier alpha value is -2.82. The van der Waals surface area contributed by atoms with Crippen LogP contribution in [0.1, 0.15) is 83.3 Å². The second kappa shape index (κ2) is 11.1. The lowest BCUT2D eigenvalue weighted by Gasteiger charge is -2.39. The number of esters is 2. The average molecular weight is 574 g/mol. The van der Waals surface area contributed by atoms with Crippen molar-refractivity contribution in [3.05, 3.63) is 35.1 Å². The van der Waals surface area contributed by atoms with E-state index in [4.69, 9.17) is 23.7 Å². The molecule has 1 aromatic carbocycles. The van der Waals surface area contributed by atoms with Crippen LogP contribution in [0.2, 0.25) is 0 Å². The summed E-state index contributed by atoms with van der Waals surface area (Å²) in [6, 6.07) is 4.01. The van der Waals surface area contributed by atoms with Gasteiger partial charge >= 0.3 is 11.9 Å². The first-order chi connectivity index (χ1) is 19.3. The van der Waals surface area contributed by atoms with Crippen molar-refractivity contribution in [3.63, 3.8) is 0 Å². The van der Waals surface area contributed by atoms with Gasteiger partial charge in [0, 0.05) is 6.54 Å². The number of methoxy groups -OCH3 is 1. The molecule has 2 N–H and O–H groups in total. The molecule has 1 spiro atoms. The number of hydrogen-bond acceptors (Lipinski definition) is 10. The summed E-state index contributed by atoms with van der Waals surface area (Å²) in [6.07, 6.45) is 3.53. The van der Waals surface area contributed by atoms with E-state index in [0.717, 1.165) is 43.5 Å². The molecular weight excluding hydrogens is 530 g/mol. The molecule has 226 valence electrons. The molecule has 3 aliphatic heterocycles. The monoisotopic (exact) mass is 573 g/mol. The van der Waals surface area contributed by atoms with E-state index in [2.05, 4.69) is 11.0 Å². The van der Waals surface area contributed by atoms with E-state index in [0.29, 0.717) is 30.1 Å². The van der Waals surface area contributed by atoms with Crippen LogP contribution >= 0.6 is 0 Å². The molecule has 1 fully saturated rings. The summed E-state index contributed by atoms with van der Waals surface area (Å²) in [6.45, 7) is 8.64. The lowest BCUT2D eigenvalue weighted by atomic mass is 9.77. The van der Waals surface area contributed by atoms with Crippen LogP contribution in [0.15, 0.2) is 24.0 Å². The number of hydrogen-bond donors (Lipinski definition) is 2. The van der Waals surface area contributed by atoms with Gasteiger partial charge in [-0.15, -0.1) is 0 Å². The Balaban J connectivity index is 1.49. The number of nitrogens with zero attached hydrogens (tertiary/aromatic N) is 1. The van der Waals surface area contributed by atoms with Gasteiger partial charge < -0.3 is 33.9 Å². The van der Waals surface area contributed by atoms with Gasteiger partial charge in [-0.05, 0) is 102 Å². The molecule has 0 bridgehead atoms. The lowest BCUT2D eigenvalue weighted by Crippen LogP contribution is -2.49. The highest BCUT2D eigenvalue weighted by Gasteiger charge is 2.59. The summed E-state index contributed by atoms with van der Waals surface area (Å²) in [7, 11) is 1.56. The summed E-state index contributed by atoms with van der Waals surface area (Å²) in [5.41, 5.74) is -1.45. The lowest BCUT2D eigenvalue weighted by molar-refractivity contribution is -0.180. The third kappa shape index (κ3) is 5.79. The van der Waals surface area contributed by atoms with E-state index < -0.39 is 47.3 Å². The first-order valence-corrected chi connectivity index (χ1v) is 14.6. The molecule has 1 saturated heterocycles. The highest BCUT2D eigenvalue weighted by molar-refractivity contribution is 5.86. The normalized spacial score (nSPS) is 26.4. The van der Waals surface area contributed by atoms with Crippen molar-refractivity contribution in [1.82, 2.24) is 4.90 Å². The van der Waals surface area contributed by atoms with Crippen LogP contribution in [0.5, 0.6) is 11.5 Å². The summed E-state index contributed by atoms with van der Waals surface area (Å²) >= 11 is 0. The Kier molecular flexibility index (Phi) is 8.04. The van der Waals surface area contributed by atoms with Crippen molar-refractivity contribution < 1.29 is 43.5 Å². The van der Waals surface area contributed by atoms with E-state index in [-0.39, 0.29) is 19.1 Å². The van der Waals surface area contributed by atoms with E-state index in [9.17, 15) is 19.8 Å². The van der Waals surface area contributed by atoms with Crippen molar-refractivity contribution in [2.24, 2.45) is 0 Å². The molecule has 4 aliphatic rings. The number of ether oxygens (including phenoxy) is 5. The molecule has 5 rings (SSSR count). The van der Waals surface area contributed by atoms with E-state index >= 15 is 0 Å². The largest absolute Gasteiger partial charge is 0.497 e. The Morgan fingerprint density at radius 3 is 2.56 bits per heavy atom. The highest BCUT2D eigenvalue weighted by atomic mass is 16.7. The predicted octanol–water partition coefficient (Wildman–Crippen LogP) is 3.36. The van der Waals surface area contributed by atoms with Crippen molar-refractivity contribution in [2.75, 3.05) is 27.0 Å². The highest BCUT2D eigenvalue weighted by Crippen LogP contribution is 2.55. The number of fused-ring (bicyclic) bond motifs is 3. The van der Waals surface area contributed by atoms with E-state index in [1.165, 1.54) is 0 Å². The molecule has 1 aliphatic carbocycles. The van der Waals surface area contributed by atoms with Crippen LogP contribution in [0.4, 0.5) is 0 Å². The number of aliphatic hydroxyl groups is 2. The van der Waals surface area contributed by atoms with Crippen LogP contribution in [0, 0.1) is 0 Å². The summed E-state index contributed by atoms with van der Waals surface area (Å²) < 4.78 is 28.7. The van der Waals surface area contributed by atoms with Gasteiger partial charge in [0.1, 0.15) is 5.76 Å². The zero-order valence-electron chi connectivity index (χ0n) is 24.7. The summed E-state index contributed by atoms with van der Waals surface area (Å²) in [5, 5.41) is 21.9. The Morgan fingerprint density at radius 2 is 1.88 bits per heavy atom. The third-order valence-electron chi connectivity index (χ3n) is 8.76. The Labute approximate surface area is 241 Å². The molecule has 1 aromatic rings. The predicted molar refractivity (Wildman–Crippen MR) is 148 cm³/mol. The molecule has 0 aromatic heterocycles. The van der Waals surface area contributed by atoms with Crippen LogP contribution in [-0.2, 0) is 30.2 Å². The second-order valence-corrected chi connectivity index (χ2v) is 12.7. The minimum absolute atomic E-state index is 0.0705. The first kappa shape index (κ1) is 29.7. The molecule has 41 heavy (non-hydrogen) atoms. The number of carbonyl (C=O) groups excluding carboxylic acids is 2. The van der Waals surface area contributed by atoms with Crippen molar-refractivity contribution in [3.8, 4) is 11.5 Å². The van der Waals surface area contributed by atoms with Crippen LogP contribution in [0.3, 0.4) is 0 Å². The SMILES string of the molecule is COC1=C[C@]23CCCN2CCc2cc4c(cc2[C@@H]3C1OC(=O)[C@@](O)(CCCC(C)(C)O)CC(=O)OC(C)C)OCO4. The molecule has 10 nitrogen and oxygen atoms in total. The summed E-state index contributed by atoms with van der Waals surface area (Å²) in [5.74, 6) is -0.0295. The maximum atomic E-state index is 13.9. The van der Waals surface area contributed by atoms with E-state index in [1.807, 2.05) is 12.1 Å². The molecule has 10 heteroatoms. The zero-order chi connectivity index (χ0) is 29.6. The smallest absolute Gasteiger partial charge is 0.339 e. The minimum Gasteiger partial charge on any atom is -0.497 e. The number of rotatable bonds is 10. The van der Waals surface area contributed by atoms with E-state index in [1.54, 1.807) is 34.8 Å². The van der Waals surface area contributed by atoms with Gasteiger partial charge in [0.05, 0.1) is 36.7 Å². The molecule has 3 heterocycles. The van der Waals surface area contributed by atoms with Crippen molar-refractivity contribution >= 4 is 11.9 Å². The van der Waals surface area contributed by atoms with Crippen LogP contribution in [-0.4, -0.2) is 83.0 Å². The number of carbonyl (C=O) groups is 2. The van der Waals surface area contributed by atoms with Gasteiger partial charge in [0.2, 0.25) is 6.79 Å². The maximum absolute atomic E-state index is 13.9. The molecule has 0 amide bonds. The summed E-state index contributed by atoms with van der Waals surface area (Å²) in [4.78, 5) is 29.0. The first-order valence-electron chi connectivity index (χ1n) is 14.6. The fourth-order valence-corrected chi connectivity index (χ4v) is 6.94. The van der Waals surface area contributed by atoms with Gasteiger partial charge in [0.15, 0.2) is 23.2 Å². The molecular formula is C31H43NO9. The standard InChI is InChI=1S/C31H43NO9/c1-19(2)40-25(33)17-31(36,11-6-9-29(3,4)35)28(34)41-27-24(37-5)16-30-10-7-12-32(30)13-8-20-14-22-23(39-18-38-22)15-21(20)26(27)30/h14-16,19,26-27,35-36H,6-13,17-18H2,1-5H3/t26-,27?,30+,31-/m1/s1. The Bertz CT molecular complexity index is 1200. The van der Waals surface area contributed by atoms with Crippen molar-refractivity contribution in [1.29, 1.82) is 0 Å². The average Bonchev–Trinajstić information content (AvgIpc) is 3.56. The van der Waals surface area contributed by atoms with Crippen LogP contribution < -0.4 is 9.47 Å². The van der Waals surface area contributed by atoms with Gasteiger partial charge in [-0.25, -0.2) is 4.79 Å². The van der Waals surface area contributed by atoms with Gasteiger partial charge in [-0.3, -0.25) is 9.69 Å². The molecule has 0 radical (unpaired) electrons. The quantitative estimate of drug-likeness (QED) is 0.403. The zero-order valence-corrected chi connectivity index (χ0v) is 24.7. The molecule has 4 atom stereocenters. The van der Waals surface area contributed by atoms with Crippen LogP contribution in [0.25, 0.3) is 0 Å². The maximum Gasteiger partial charge on any atom is 0.339 e.